The van der Waals surface area contributed by atoms with Crippen LogP contribution in [0.25, 0.3) is 22.3 Å². The third-order valence-corrected chi connectivity index (χ3v) is 5.11. The van der Waals surface area contributed by atoms with E-state index < -0.39 is 12.0 Å². The molecule has 0 aliphatic heterocycles. The van der Waals surface area contributed by atoms with Gasteiger partial charge in [-0.1, -0.05) is 54.1 Å². The fourth-order valence-corrected chi connectivity index (χ4v) is 3.39. The lowest BCUT2D eigenvalue weighted by molar-refractivity contribution is -0.148. The van der Waals surface area contributed by atoms with Gasteiger partial charge in [0.15, 0.2) is 0 Å². The number of ether oxygens (including phenoxy) is 1. The van der Waals surface area contributed by atoms with Gasteiger partial charge in [-0.15, -0.1) is 0 Å². The van der Waals surface area contributed by atoms with E-state index in [4.69, 9.17) is 16.3 Å². The molecular formula is C24H19ClN2O3. The number of esters is 1. The first-order chi connectivity index (χ1) is 14.5. The van der Waals surface area contributed by atoms with Gasteiger partial charge in [-0.25, -0.2) is 9.78 Å². The van der Waals surface area contributed by atoms with Crippen LogP contribution in [0.1, 0.15) is 18.5 Å². The molecule has 3 aromatic carbocycles. The predicted molar refractivity (Wildman–Crippen MR) is 117 cm³/mol. The highest BCUT2D eigenvalue weighted by atomic mass is 35.5. The molecule has 30 heavy (non-hydrogen) atoms. The molecule has 0 amide bonds. The minimum atomic E-state index is -0.857. The van der Waals surface area contributed by atoms with Crippen molar-refractivity contribution in [1.82, 2.24) is 9.55 Å². The van der Waals surface area contributed by atoms with Gasteiger partial charge in [0.05, 0.1) is 10.9 Å². The van der Waals surface area contributed by atoms with E-state index >= 15 is 0 Å². The molecule has 0 N–H and O–H groups in total. The van der Waals surface area contributed by atoms with Gasteiger partial charge in [-0.3, -0.25) is 9.36 Å². The summed E-state index contributed by atoms with van der Waals surface area (Å²) in [5.41, 5.74) is 1.83. The average Bonchev–Trinajstić information content (AvgIpc) is 2.78. The first-order valence-electron chi connectivity index (χ1n) is 9.52. The van der Waals surface area contributed by atoms with E-state index in [-0.39, 0.29) is 12.2 Å². The maximum Gasteiger partial charge on any atom is 0.329 e. The van der Waals surface area contributed by atoms with Gasteiger partial charge in [-0.05, 0) is 48.9 Å². The molecule has 1 atom stereocenters. The number of benzene rings is 3. The van der Waals surface area contributed by atoms with Crippen LogP contribution in [0, 0.1) is 0 Å². The molecule has 0 aliphatic rings. The van der Waals surface area contributed by atoms with Gasteiger partial charge in [0.1, 0.15) is 18.5 Å². The molecule has 150 valence electrons. The first kappa shape index (κ1) is 19.9. The molecule has 5 nitrogen and oxygen atoms in total. The summed E-state index contributed by atoms with van der Waals surface area (Å²) >= 11 is 6.01. The Balaban J connectivity index is 1.76. The number of carbonyl (C=O) groups is 1. The van der Waals surface area contributed by atoms with Crippen LogP contribution < -0.4 is 5.56 Å². The second kappa shape index (κ2) is 8.51. The molecule has 1 unspecified atom stereocenters. The second-order valence-electron chi connectivity index (χ2n) is 6.90. The van der Waals surface area contributed by atoms with Crippen LogP contribution in [0.15, 0.2) is 83.7 Å². The zero-order valence-corrected chi connectivity index (χ0v) is 17.0. The number of nitrogens with zero attached hydrogens (tertiary/aromatic N) is 2. The van der Waals surface area contributed by atoms with Crippen molar-refractivity contribution >= 4 is 28.5 Å². The van der Waals surface area contributed by atoms with Crippen molar-refractivity contribution in [2.75, 3.05) is 0 Å². The van der Waals surface area contributed by atoms with Gasteiger partial charge in [0.25, 0.3) is 5.56 Å². The average molecular weight is 419 g/mol. The predicted octanol–water partition coefficient (Wildman–Crippen LogP) is 5.02. The Morgan fingerprint density at radius 2 is 1.67 bits per heavy atom. The molecule has 0 spiro atoms. The lowest BCUT2D eigenvalue weighted by atomic mass is 10.1. The molecule has 0 bridgehead atoms. The lowest BCUT2D eigenvalue weighted by Gasteiger charge is -2.19. The Morgan fingerprint density at radius 3 is 2.40 bits per heavy atom. The summed E-state index contributed by atoms with van der Waals surface area (Å²) < 4.78 is 6.86. The van der Waals surface area contributed by atoms with Crippen molar-refractivity contribution < 1.29 is 9.53 Å². The Bertz CT molecular complexity index is 1250. The molecular weight excluding hydrogens is 400 g/mol. The Hall–Kier alpha value is -3.44. The molecule has 0 aliphatic carbocycles. The van der Waals surface area contributed by atoms with Crippen LogP contribution in [0.4, 0.5) is 0 Å². The third kappa shape index (κ3) is 3.98. The highest BCUT2D eigenvalue weighted by Gasteiger charge is 2.24. The summed E-state index contributed by atoms with van der Waals surface area (Å²) in [6, 6.07) is 22.6. The Kier molecular flexibility index (Phi) is 5.63. The summed E-state index contributed by atoms with van der Waals surface area (Å²) in [5, 5.41) is 1.02. The second-order valence-corrected chi connectivity index (χ2v) is 7.34. The first-order valence-corrected chi connectivity index (χ1v) is 9.90. The topological polar surface area (TPSA) is 61.2 Å². The van der Waals surface area contributed by atoms with Crippen LogP contribution >= 0.6 is 11.6 Å². The maximum atomic E-state index is 13.3. The van der Waals surface area contributed by atoms with E-state index in [0.29, 0.717) is 27.3 Å². The van der Waals surface area contributed by atoms with Crippen molar-refractivity contribution in [3.8, 4) is 11.4 Å². The molecule has 0 fully saturated rings. The number of halogens is 1. The highest BCUT2D eigenvalue weighted by molar-refractivity contribution is 6.30. The number of hydrogen-bond donors (Lipinski definition) is 0. The van der Waals surface area contributed by atoms with Crippen LogP contribution in [-0.4, -0.2) is 15.5 Å². The number of para-hydroxylation sites is 1. The van der Waals surface area contributed by atoms with Gasteiger partial charge in [0.2, 0.25) is 0 Å². The van der Waals surface area contributed by atoms with Gasteiger partial charge >= 0.3 is 5.97 Å². The minimum absolute atomic E-state index is 0.135. The minimum Gasteiger partial charge on any atom is -0.459 e. The summed E-state index contributed by atoms with van der Waals surface area (Å²) in [7, 11) is 0. The lowest BCUT2D eigenvalue weighted by Crippen LogP contribution is -2.31. The number of rotatable bonds is 5. The Morgan fingerprint density at radius 1 is 1.00 bits per heavy atom. The van der Waals surface area contributed by atoms with E-state index in [0.717, 1.165) is 5.56 Å². The number of hydrogen-bond acceptors (Lipinski definition) is 4. The molecule has 1 aromatic heterocycles. The summed E-state index contributed by atoms with van der Waals surface area (Å²) in [4.78, 5) is 30.8. The van der Waals surface area contributed by atoms with Crippen LogP contribution in [0.2, 0.25) is 5.02 Å². The van der Waals surface area contributed by atoms with Crippen molar-refractivity contribution in [2.24, 2.45) is 0 Å². The largest absolute Gasteiger partial charge is 0.459 e. The molecule has 0 saturated carbocycles. The van der Waals surface area contributed by atoms with E-state index in [1.54, 1.807) is 49.4 Å². The van der Waals surface area contributed by atoms with Crippen molar-refractivity contribution in [3.63, 3.8) is 0 Å². The fraction of sp³-hybridized carbons (Fsp3) is 0.125. The van der Waals surface area contributed by atoms with E-state index in [2.05, 4.69) is 4.98 Å². The number of carbonyl (C=O) groups excluding carboxylic acids is 1. The molecule has 4 rings (SSSR count). The Labute approximate surface area is 178 Å². The zero-order chi connectivity index (χ0) is 21.1. The van der Waals surface area contributed by atoms with Crippen molar-refractivity contribution in [2.45, 2.75) is 19.6 Å². The quantitative estimate of drug-likeness (QED) is 0.427. The van der Waals surface area contributed by atoms with Crippen LogP contribution in [0.5, 0.6) is 0 Å². The SMILES string of the molecule is CC(C(=O)OCc1ccccc1)n1c(-c2ccc(Cl)cc2)nc2ccccc2c1=O. The van der Waals surface area contributed by atoms with Crippen LogP contribution in [-0.2, 0) is 16.1 Å². The normalized spacial score (nSPS) is 11.9. The smallest absolute Gasteiger partial charge is 0.329 e. The van der Waals surface area contributed by atoms with Crippen LogP contribution in [0.3, 0.4) is 0 Å². The van der Waals surface area contributed by atoms with E-state index in [9.17, 15) is 9.59 Å². The molecule has 4 aromatic rings. The van der Waals surface area contributed by atoms with Gasteiger partial charge in [0, 0.05) is 10.6 Å². The van der Waals surface area contributed by atoms with Crippen molar-refractivity contribution in [1.29, 1.82) is 0 Å². The molecule has 0 saturated heterocycles. The molecule has 0 radical (unpaired) electrons. The maximum absolute atomic E-state index is 13.3. The molecule has 1 heterocycles. The summed E-state index contributed by atoms with van der Waals surface area (Å²) in [5.74, 6) is -0.118. The summed E-state index contributed by atoms with van der Waals surface area (Å²) in [6.07, 6.45) is 0. The number of aromatic nitrogens is 2. The van der Waals surface area contributed by atoms with Crippen molar-refractivity contribution in [3.05, 3.63) is 99.8 Å². The fourth-order valence-electron chi connectivity index (χ4n) is 3.26. The van der Waals surface area contributed by atoms with Gasteiger partial charge in [-0.2, -0.15) is 0 Å². The highest BCUT2D eigenvalue weighted by Crippen LogP contribution is 2.24. The van der Waals surface area contributed by atoms with E-state index in [1.165, 1.54) is 4.57 Å². The summed E-state index contributed by atoms with van der Waals surface area (Å²) in [6.45, 7) is 1.78. The third-order valence-electron chi connectivity index (χ3n) is 4.86. The molecule has 6 heteroatoms. The standard InChI is InChI=1S/C24H19ClN2O3/c1-16(24(29)30-15-17-7-3-2-4-8-17)27-22(18-11-13-19(25)14-12-18)26-21-10-6-5-9-20(21)23(27)28/h2-14,16H,15H2,1H3. The van der Waals surface area contributed by atoms with Gasteiger partial charge < -0.3 is 4.74 Å². The monoisotopic (exact) mass is 418 g/mol. The zero-order valence-electron chi connectivity index (χ0n) is 16.3. The number of fused-ring (bicyclic) bond motifs is 1. The van der Waals surface area contributed by atoms with E-state index in [1.807, 2.05) is 36.4 Å².